The molecule has 0 bridgehead atoms. The van der Waals surface area contributed by atoms with Crippen LogP contribution in [0.5, 0.6) is 0 Å². The van der Waals surface area contributed by atoms with Gasteiger partial charge >= 0.3 is 0 Å². The van der Waals surface area contributed by atoms with Crippen molar-refractivity contribution in [3.05, 3.63) is 34.9 Å². The first-order valence-corrected chi connectivity index (χ1v) is 12.1. The smallest absolute Gasteiger partial charge is 0.239 e. The molecule has 4 rings (SSSR count). The number of fused-ring (bicyclic) bond motifs is 1. The lowest BCUT2D eigenvalue weighted by Crippen LogP contribution is -2.49. The van der Waals surface area contributed by atoms with Crippen LogP contribution in [0.3, 0.4) is 0 Å². The van der Waals surface area contributed by atoms with Crippen molar-refractivity contribution in [2.45, 2.75) is 62.8 Å². The lowest BCUT2D eigenvalue weighted by molar-refractivity contribution is -0.133. The van der Waals surface area contributed by atoms with Gasteiger partial charge in [-0.05, 0) is 50.4 Å². The largest absolute Gasteiger partial charge is 0.383 e. The highest BCUT2D eigenvalue weighted by Crippen LogP contribution is 2.29. The van der Waals surface area contributed by atoms with Crippen LogP contribution in [0.2, 0.25) is 5.02 Å². The first-order valence-electron chi connectivity index (χ1n) is 11.7. The fourth-order valence-corrected chi connectivity index (χ4v) is 5.87. The topological polar surface area (TPSA) is 65.1 Å². The van der Waals surface area contributed by atoms with Gasteiger partial charge in [-0.25, -0.2) is 0 Å². The molecule has 1 N–H and O–H groups in total. The van der Waals surface area contributed by atoms with Crippen molar-refractivity contribution in [1.82, 2.24) is 20.0 Å². The lowest BCUT2D eigenvalue weighted by atomic mass is 10.0. The SMILES string of the molecule is COCC1CCCN1C(=O)CCC1CNC(=O)C2C(CCN2Cc2cccc(Cl)c2)N1C. The molecule has 4 atom stereocenters. The molecule has 176 valence electrons. The highest BCUT2D eigenvalue weighted by molar-refractivity contribution is 6.30. The van der Waals surface area contributed by atoms with Crippen LogP contribution in [0.1, 0.15) is 37.7 Å². The molecule has 3 fully saturated rings. The molecule has 7 nitrogen and oxygen atoms in total. The molecule has 1 aromatic rings. The molecule has 8 heteroatoms. The lowest BCUT2D eigenvalue weighted by Gasteiger charge is -2.33. The molecule has 0 saturated carbocycles. The Morgan fingerprint density at radius 1 is 1.25 bits per heavy atom. The predicted octanol–water partition coefficient (Wildman–Crippen LogP) is 2.13. The van der Waals surface area contributed by atoms with Gasteiger partial charge in [0, 0.05) is 56.8 Å². The summed E-state index contributed by atoms with van der Waals surface area (Å²) in [6.45, 7) is 3.60. The Kier molecular flexibility index (Phi) is 7.71. The molecule has 0 spiro atoms. The Morgan fingerprint density at radius 3 is 2.88 bits per heavy atom. The monoisotopic (exact) mass is 462 g/mol. The number of likely N-dealkylation sites (N-methyl/N-ethyl adjacent to an activating group) is 1. The molecule has 0 aromatic heterocycles. The number of halogens is 1. The van der Waals surface area contributed by atoms with Crippen molar-refractivity contribution in [2.24, 2.45) is 0 Å². The standard InChI is InChI=1S/C24H35ClN4O3/c1-27-19(8-9-22(30)29-11-4-7-20(29)16-32-2)14-26-24(31)23-21(27)10-12-28(23)15-17-5-3-6-18(25)13-17/h3,5-6,13,19-21,23H,4,7-12,14-16H2,1-2H3,(H,26,31). The second-order valence-corrected chi connectivity index (χ2v) is 9.78. The number of methoxy groups -OCH3 is 1. The minimum atomic E-state index is -0.177. The molecular formula is C24H35ClN4O3. The minimum absolute atomic E-state index is 0.0925. The predicted molar refractivity (Wildman–Crippen MR) is 124 cm³/mol. The fraction of sp³-hybridized carbons (Fsp3) is 0.667. The van der Waals surface area contributed by atoms with Gasteiger partial charge in [0.2, 0.25) is 11.8 Å². The number of amides is 2. The molecule has 2 amide bonds. The average Bonchev–Trinajstić information content (AvgIpc) is 3.38. The van der Waals surface area contributed by atoms with Gasteiger partial charge in [0.15, 0.2) is 0 Å². The van der Waals surface area contributed by atoms with E-state index in [2.05, 4.69) is 28.2 Å². The van der Waals surface area contributed by atoms with E-state index in [0.717, 1.165) is 49.4 Å². The molecule has 3 heterocycles. The van der Waals surface area contributed by atoms with E-state index < -0.39 is 0 Å². The van der Waals surface area contributed by atoms with Crippen molar-refractivity contribution >= 4 is 23.4 Å². The normalized spacial score (nSPS) is 29.1. The number of hydrogen-bond acceptors (Lipinski definition) is 5. The van der Waals surface area contributed by atoms with E-state index in [9.17, 15) is 9.59 Å². The van der Waals surface area contributed by atoms with Gasteiger partial charge in [-0.1, -0.05) is 23.7 Å². The first kappa shape index (κ1) is 23.5. The van der Waals surface area contributed by atoms with Gasteiger partial charge in [0.1, 0.15) is 6.04 Å². The van der Waals surface area contributed by atoms with Crippen LogP contribution >= 0.6 is 11.6 Å². The van der Waals surface area contributed by atoms with E-state index in [1.54, 1.807) is 7.11 Å². The third-order valence-corrected chi connectivity index (χ3v) is 7.61. The van der Waals surface area contributed by atoms with Crippen LogP contribution in [0, 0.1) is 0 Å². The number of ether oxygens (including phenoxy) is 1. The number of nitrogens with one attached hydrogen (secondary N) is 1. The van der Waals surface area contributed by atoms with Gasteiger partial charge in [0.25, 0.3) is 0 Å². The van der Waals surface area contributed by atoms with Crippen molar-refractivity contribution in [2.75, 3.05) is 40.4 Å². The molecule has 32 heavy (non-hydrogen) atoms. The summed E-state index contributed by atoms with van der Waals surface area (Å²) in [5.74, 6) is 0.300. The summed E-state index contributed by atoms with van der Waals surface area (Å²) in [6.07, 6.45) is 4.27. The molecule has 1 aromatic carbocycles. The average molecular weight is 463 g/mol. The first-order chi connectivity index (χ1) is 15.5. The van der Waals surface area contributed by atoms with Gasteiger partial charge in [0.05, 0.1) is 12.6 Å². The Labute approximate surface area is 196 Å². The maximum atomic E-state index is 13.0. The van der Waals surface area contributed by atoms with Crippen molar-refractivity contribution < 1.29 is 14.3 Å². The van der Waals surface area contributed by atoms with E-state index in [1.807, 2.05) is 23.1 Å². The van der Waals surface area contributed by atoms with Gasteiger partial charge < -0.3 is 15.0 Å². The van der Waals surface area contributed by atoms with Crippen molar-refractivity contribution in [3.8, 4) is 0 Å². The highest BCUT2D eigenvalue weighted by Gasteiger charge is 2.45. The van der Waals surface area contributed by atoms with E-state index in [0.29, 0.717) is 26.1 Å². The summed E-state index contributed by atoms with van der Waals surface area (Å²) in [7, 11) is 3.80. The molecule has 4 unspecified atom stereocenters. The summed E-state index contributed by atoms with van der Waals surface area (Å²) < 4.78 is 5.29. The molecule has 0 aliphatic carbocycles. The van der Waals surface area contributed by atoms with E-state index >= 15 is 0 Å². The number of carbonyl (C=O) groups is 2. The van der Waals surface area contributed by atoms with E-state index in [1.165, 1.54) is 0 Å². The van der Waals surface area contributed by atoms with E-state index in [-0.39, 0.29) is 36.0 Å². The second-order valence-electron chi connectivity index (χ2n) is 9.34. The van der Waals surface area contributed by atoms with Gasteiger partial charge in [-0.15, -0.1) is 0 Å². The van der Waals surface area contributed by atoms with Crippen LogP contribution in [-0.2, 0) is 20.9 Å². The zero-order valence-electron chi connectivity index (χ0n) is 19.1. The van der Waals surface area contributed by atoms with Crippen molar-refractivity contribution in [3.63, 3.8) is 0 Å². The number of benzene rings is 1. The Hall–Kier alpha value is -1.67. The number of carbonyl (C=O) groups excluding carboxylic acids is 2. The van der Waals surface area contributed by atoms with E-state index in [4.69, 9.17) is 16.3 Å². The number of hydrogen-bond donors (Lipinski definition) is 1. The number of likely N-dealkylation sites (tertiary alicyclic amines) is 2. The Morgan fingerprint density at radius 2 is 2.09 bits per heavy atom. The maximum absolute atomic E-state index is 13.0. The molecule has 0 radical (unpaired) electrons. The summed E-state index contributed by atoms with van der Waals surface area (Å²) in [5.41, 5.74) is 1.12. The second kappa shape index (κ2) is 10.5. The Bertz CT molecular complexity index is 822. The zero-order chi connectivity index (χ0) is 22.7. The highest BCUT2D eigenvalue weighted by atomic mass is 35.5. The molecule has 3 aliphatic heterocycles. The maximum Gasteiger partial charge on any atom is 0.239 e. The summed E-state index contributed by atoms with van der Waals surface area (Å²) in [6, 6.07) is 8.20. The number of rotatable bonds is 7. The summed E-state index contributed by atoms with van der Waals surface area (Å²) >= 11 is 6.15. The third kappa shape index (κ3) is 5.11. The quantitative estimate of drug-likeness (QED) is 0.672. The minimum Gasteiger partial charge on any atom is -0.383 e. The van der Waals surface area contributed by atoms with Crippen LogP contribution in [0.4, 0.5) is 0 Å². The summed E-state index contributed by atoms with van der Waals surface area (Å²) in [4.78, 5) is 32.5. The van der Waals surface area contributed by atoms with Crippen LogP contribution in [-0.4, -0.2) is 91.1 Å². The molecule has 3 saturated heterocycles. The van der Waals surface area contributed by atoms with Crippen LogP contribution in [0.15, 0.2) is 24.3 Å². The van der Waals surface area contributed by atoms with Crippen LogP contribution < -0.4 is 5.32 Å². The summed E-state index contributed by atoms with van der Waals surface area (Å²) in [5, 5.41) is 3.87. The zero-order valence-corrected chi connectivity index (χ0v) is 19.9. The van der Waals surface area contributed by atoms with Crippen molar-refractivity contribution in [1.29, 1.82) is 0 Å². The van der Waals surface area contributed by atoms with Crippen LogP contribution in [0.25, 0.3) is 0 Å². The van der Waals surface area contributed by atoms with Gasteiger partial charge in [-0.3, -0.25) is 19.4 Å². The molecular weight excluding hydrogens is 428 g/mol. The Balaban J connectivity index is 1.37. The number of nitrogens with zero attached hydrogens (tertiary/aromatic N) is 3. The molecule has 3 aliphatic rings. The third-order valence-electron chi connectivity index (χ3n) is 7.37. The fourth-order valence-electron chi connectivity index (χ4n) is 5.66. The van der Waals surface area contributed by atoms with Gasteiger partial charge in [-0.2, -0.15) is 0 Å².